The summed E-state index contributed by atoms with van der Waals surface area (Å²) in [6.45, 7) is 3.78. The lowest BCUT2D eigenvalue weighted by atomic mass is 10.1. The third-order valence-electron chi connectivity index (χ3n) is 5.54. The van der Waals surface area contributed by atoms with E-state index in [4.69, 9.17) is 9.72 Å². The number of methoxy groups -OCH3 is 1. The molecule has 0 spiro atoms. The fourth-order valence-electron chi connectivity index (χ4n) is 3.84. The lowest BCUT2D eigenvalue weighted by Crippen LogP contribution is -2.44. The summed E-state index contributed by atoms with van der Waals surface area (Å²) in [6.07, 6.45) is 1.83. The van der Waals surface area contributed by atoms with Gasteiger partial charge >= 0.3 is 0 Å². The Hall–Kier alpha value is -2.91. The number of ether oxygens (including phenoxy) is 1. The van der Waals surface area contributed by atoms with Gasteiger partial charge in [-0.05, 0) is 55.5 Å². The maximum Gasteiger partial charge on any atom is 0.261 e. The van der Waals surface area contributed by atoms with E-state index in [-0.39, 0.29) is 11.9 Å². The molecule has 5 rings (SSSR count). The first kappa shape index (κ1) is 20.0. The molecule has 7 nitrogen and oxygen atoms in total. The number of aryl methyl sites for hydroxylation is 1. The Labute approximate surface area is 188 Å². The number of hydrogen-bond acceptors (Lipinski definition) is 7. The van der Waals surface area contributed by atoms with Gasteiger partial charge in [-0.3, -0.25) is 4.79 Å². The van der Waals surface area contributed by atoms with Crippen LogP contribution in [-0.4, -0.2) is 46.9 Å². The van der Waals surface area contributed by atoms with Crippen molar-refractivity contribution < 1.29 is 9.53 Å². The van der Waals surface area contributed by atoms with Crippen LogP contribution in [0.5, 0.6) is 5.75 Å². The van der Waals surface area contributed by atoms with E-state index in [1.54, 1.807) is 18.4 Å². The van der Waals surface area contributed by atoms with Crippen LogP contribution in [0.4, 0.5) is 5.13 Å². The highest BCUT2D eigenvalue weighted by Gasteiger charge is 2.25. The summed E-state index contributed by atoms with van der Waals surface area (Å²) in [5, 5.41) is 10.8. The molecule has 1 fully saturated rings. The number of carbonyl (C=O) groups is 1. The van der Waals surface area contributed by atoms with Crippen molar-refractivity contribution in [1.29, 1.82) is 0 Å². The molecule has 4 heterocycles. The van der Waals surface area contributed by atoms with E-state index in [2.05, 4.69) is 15.3 Å². The minimum Gasteiger partial charge on any atom is -0.497 e. The van der Waals surface area contributed by atoms with Gasteiger partial charge in [0, 0.05) is 19.1 Å². The van der Waals surface area contributed by atoms with Crippen molar-refractivity contribution in [2.24, 2.45) is 0 Å². The molecule has 1 aliphatic rings. The highest BCUT2D eigenvalue weighted by molar-refractivity contribution is 7.22. The Balaban J connectivity index is 1.30. The largest absolute Gasteiger partial charge is 0.497 e. The van der Waals surface area contributed by atoms with Gasteiger partial charge in [0.2, 0.25) is 0 Å². The topological polar surface area (TPSA) is 72.3 Å². The third kappa shape index (κ3) is 3.90. The van der Waals surface area contributed by atoms with Gasteiger partial charge in [0.25, 0.3) is 5.91 Å². The SMILES string of the molecule is COc1ccc(-n2nc(C)c3sc(N4CCC(NC(=O)c5cccs5)CC4)nc32)cc1. The third-order valence-corrected chi connectivity index (χ3v) is 7.62. The lowest BCUT2D eigenvalue weighted by Gasteiger charge is -2.32. The summed E-state index contributed by atoms with van der Waals surface area (Å²) in [5.74, 6) is 0.848. The van der Waals surface area contributed by atoms with Crippen LogP contribution in [0.2, 0.25) is 0 Å². The van der Waals surface area contributed by atoms with E-state index in [1.165, 1.54) is 11.3 Å². The number of amides is 1. The number of rotatable bonds is 5. The molecule has 0 unspecified atom stereocenters. The van der Waals surface area contributed by atoms with Crippen LogP contribution in [0, 0.1) is 6.92 Å². The maximum atomic E-state index is 12.3. The molecule has 1 aliphatic heterocycles. The number of nitrogens with zero attached hydrogens (tertiary/aromatic N) is 4. The van der Waals surface area contributed by atoms with E-state index in [9.17, 15) is 4.79 Å². The highest BCUT2D eigenvalue weighted by Crippen LogP contribution is 2.34. The van der Waals surface area contributed by atoms with Gasteiger partial charge in [0.15, 0.2) is 10.8 Å². The number of thiazole rings is 1. The first-order valence-corrected chi connectivity index (χ1v) is 11.9. The molecule has 3 aromatic heterocycles. The van der Waals surface area contributed by atoms with Gasteiger partial charge in [-0.15, -0.1) is 11.3 Å². The smallest absolute Gasteiger partial charge is 0.261 e. The van der Waals surface area contributed by atoms with Crippen molar-refractivity contribution in [1.82, 2.24) is 20.1 Å². The van der Waals surface area contributed by atoms with E-state index in [0.717, 1.165) is 63.4 Å². The molecule has 1 aromatic carbocycles. The minimum absolute atomic E-state index is 0.0312. The monoisotopic (exact) mass is 453 g/mol. The second kappa shape index (κ2) is 8.32. The molecule has 0 radical (unpaired) electrons. The molecule has 1 N–H and O–H groups in total. The normalized spacial score (nSPS) is 14.8. The van der Waals surface area contributed by atoms with Crippen molar-refractivity contribution in [2.45, 2.75) is 25.8 Å². The molecule has 1 amide bonds. The second-order valence-corrected chi connectivity index (χ2v) is 9.48. The van der Waals surface area contributed by atoms with Crippen molar-refractivity contribution in [3.8, 4) is 11.4 Å². The molecule has 0 aliphatic carbocycles. The molecular weight excluding hydrogens is 430 g/mol. The fraction of sp³-hybridized carbons (Fsp3) is 0.318. The lowest BCUT2D eigenvalue weighted by molar-refractivity contribution is 0.0935. The van der Waals surface area contributed by atoms with Crippen molar-refractivity contribution in [3.63, 3.8) is 0 Å². The van der Waals surface area contributed by atoms with E-state index in [0.29, 0.717) is 0 Å². The molecule has 0 bridgehead atoms. The number of hydrogen-bond donors (Lipinski definition) is 1. The maximum absolute atomic E-state index is 12.3. The summed E-state index contributed by atoms with van der Waals surface area (Å²) >= 11 is 3.17. The van der Waals surface area contributed by atoms with Gasteiger partial charge in [0.05, 0.1) is 28.1 Å². The molecule has 0 atom stereocenters. The number of nitrogens with one attached hydrogen (secondary N) is 1. The number of thiophene rings is 1. The first-order chi connectivity index (χ1) is 15.1. The Morgan fingerprint density at radius 3 is 2.65 bits per heavy atom. The summed E-state index contributed by atoms with van der Waals surface area (Å²) < 4.78 is 8.27. The summed E-state index contributed by atoms with van der Waals surface area (Å²) in [5.41, 5.74) is 2.83. The summed E-state index contributed by atoms with van der Waals surface area (Å²) in [4.78, 5) is 20.3. The number of benzene rings is 1. The van der Waals surface area contributed by atoms with Crippen molar-refractivity contribution in [2.75, 3.05) is 25.1 Å². The van der Waals surface area contributed by atoms with E-state index < -0.39 is 0 Å². The van der Waals surface area contributed by atoms with Gasteiger partial charge < -0.3 is 15.0 Å². The molecule has 1 saturated heterocycles. The van der Waals surface area contributed by atoms with Gasteiger partial charge in [-0.2, -0.15) is 10.1 Å². The van der Waals surface area contributed by atoms with Gasteiger partial charge in [-0.25, -0.2) is 4.68 Å². The van der Waals surface area contributed by atoms with Crippen LogP contribution < -0.4 is 15.0 Å². The summed E-state index contributed by atoms with van der Waals surface area (Å²) in [6, 6.07) is 11.8. The predicted octanol–water partition coefficient (Wildman–Crippen LogP) is 4.26. The van der Waals surface area contributed by atoms with E-state index in [1.807, 2.05) is 53.4 Å². The zero-order valence-electron chi connectivity index (χ0n) is 17.4. The average molecular weight is 454 g/mol. The Kier molecular flexibility index (Phi) is 5.37. The van der Waals surface area contributed by atoms with Crippen LogP contribution in [-0.2, 0) is 0 Å². The van der Waals surface area contributed by atoms with Crippen LogP contribution in [0.3, 0.4) is 0 Å². The molecular formula is C22H23N5O2S2. The Morgan fingerprint density at radius 2 is 1.97 bits per heavy atom. The van der Waals surface area contributed by atoms with Gasteiger partial charge in [-0.1, -0.05) is 17.4 Å². The average Bonchev–Trinajstić information content (AvgIpc) is 3.53. The number of anilines is 1. The molecule has 31 heavy (non-hydrogen) atoms. The van der Waals surface area contributed by atoms with Crippen LogP contribution >= 0.6 is 22.7 Å². The molecule has 160 valence electrons. The zero-order chi connectivity index (χ0) is 21.4. The summed E-state index contributed by atoms with van der Waals surface area (Å²) in [7, 11) is 1.66. The molecule has 0 saturated carbocycles. The van der Waals surface area contributed by atoms with Crippen molar-refractivity contribution in [3.05, 3.63) is 52.3 Å². The van der Waals surface area contributed by atoms with Crippen LogP contribution in [0.1, 0.15) is 28.2 Å². The second-order valence-electron chi connectivity index (χ2n) is 7.56. The Bertz CT molecular complexity index is 1190. The number of aromatic nitrogens is 3. The fourth-order valence-corrected chi connectivity index (χ4v) is 5.51. The number of piperidine rings is 1. The first-order valence-electron chi connectivity index (χ1n) is 10.2. The number of fused-ring (bicyclic) bond motifs is 1. The van der Waals surface area contributed by atoms with E-state index >= 15 is 0 Å². The standard InChI is InChI=1S/C22H23N5O2S2/c1-14-19-20(27(25-14)16-5-7-17(29-2)8-6-16)24-22(31-19)26-11-9-15(10-12-26)23-21(28)18-4-3-13-30-18/h3-8,13,15H,9-12H2,1-2H3,(H,23,28). The van der Waals surface area contributed by atoms with Crippen LogP contribution in [0.15, 0.2) is 41.8 Å². The van der Waals surface area contributed by atoms with Crippen molar-refractivity contribution >= 4 is 44.1 Å². The minimum atomic E-state index is 0.0312. The zero-order valence-corrected chi connectivity index (χ0v) is 19.0. The highest BCUT2D eigenvalue weighted by atomic mass is 32.1. The number of carbonyl (C=O) groups excluding carboxylic acids is 1. The van der Waals surface area contributed by atoms with Gasteiger partial charge in [0.1, 0.15) is 5.75 Å². The molecule has 9 heteroatoms. The predicted molar refractivity (Wildman–Crippen MR) is 125 cm³/mol. The Morgan fingerprint density at radius 1 is 1.19 bits per heavy atom. The quantitative estimate of drug-likeness (QED) is 0.489. The van der Waals surface area contributed by atoms with Crippen LogP contribution in [0.25, 0.3) is 16.0 Å². The molecule has 4 aromatic rings.